The maximum Gasteiger partial charge on any atom is 0.320 e. The van der Waals surface area contributed by atoms with Crippen LogP contribution in [0.4, 0.5) is 0 Å². The highest BCUT2D eigenvalue weighted by atomic mass is 79.9. The van der Waals surface area contributed by atoms with Crippen molar-refractivity contribution in [3.8, 4) is 11.5 Å². The molecule has 0 bridgehead atoms. The van der Waals surface area contributed by atoms with Gasteiger partial charge in [0.1, 0.15) is 11.8 Å². The van der Waals surface area contributed by atoms with Gasteiger partial charge in [-0.3, -0.25) is 4.79 Å². The third-order valence-electron chi connectivity index (χ3n) is 5.01. The Kier molecular flexibility index (Phi) is 6.62. The van der Waals surface area contributed by atoms with E-state index in [1.807, 2.05) is 0 Å². The summed E-state index contributed by atoms with van der Waals surface area (Å²) in [5.41, 5.74) is 7.01. The quantitative estimate of drug-likeness (QED) is 0.268. The van der Waals surface area contributed by atoms with E-state index < -0.39 is 21.8 Å². The molecule has 1 aromatic heterocycles. The first-order chi connectivity index (χ1) is 15.7. The van der Waals surface area contributed by atoms with Gasteiger partial charge in [0.05, 0.1) is 18.7 Å². The summed E-state index contributed by atoms with van der Waals surface area (Å²) >= 11 is 6.91. The molecular formula is C23H18Br2N2O5S. The Hall–Kier alpha value is -2.66. The fraction of sp³-hybridized carbons (Fsp3) is 0.0870. The Morgan fingerprint density at radius 2 is 1.73 bits per heavy atom. The molecule has 33 heavy (non-hydrogen) atoms. The number of nitrogens with one attached hydrogen (secondary N) is 1. The van der Waals surface area contributed by atoms with Crippen LogP contribution in [0.25, 0.3) is 10.9 Å². The fourth-order valence-corrected chi connectivity index (χ4v) is 6.26. The molecule has 4 aromatic rings. The summed E-state index contributed by atoms with van der Waals surface area (Å²) in [5, 5.41) is 9.54. The number of rotatable bonds is 7. The van der Waals surface area contributed by atoms with Crippen LogP contribution in [-0.2, 0) is 21.1 Å². The largest absolute Gasteiger partial charge is 0.480 e. The van der Waals surface area contributed by atoms with Gasteiger partial charge in [-0.25, -0.2) is 8.42 Å². The van der Waals surface area contributed by atoms with Gasteiger partial charge in [0.15, 0.2) is 5.75 Å². The van der Waals surface area contributed by atoms with E-state index in [4.69, 9.17) is 15.6 Å². The average molecular weight is 594 g/mol. The molecule has 0 saturated heterocycles. The van der Waals surface area contributed by atoms with Crippen LogP contribution in [0, 0.1) is 0 Å². The number of ether oxygens (including phenoxy) is 1. The van der Waals surface area contributed by atoms with Crippen LogP contribution < -0.4 is 10.5 Å². The molecule has 4 rings (SSSR count). The summed E-state index contributed by atoms with van der Waals surface area (Å²) in [6.45, 7) is 0. The van der Waals surface area contributed by atoms with Gasteiger partial charge in [-0.2, -0.15) is 0 Å². The van der Waals surface area contributed by atoms with Crippen molar-refractivity contribution in [2.45, 2.75) is 22.3 Å². The second-order valence-corrected chi connectivity index (χ2v) is 10.9. The van der Waals surface area contributed by atoms with Crippen LogP contribution in [0.2, 0.25) is 0 Å². The summed E-state index contributed by atoms with van der Waals surface area (Å²) in [6.07, 6.45) is 1.63. The fourth-order valence-electron chi connectivity index (χ4n) is 3.37. The van der Waals surface area contributed by atoms with Gasteiger partial charge in [0, 0.05) is 17.1 Å². The maximum atomic E-state index is 13.1. The zero-order valence-electron chi connectivity index (χ0n) is 17.0. The maximum absolute atomic E-state index is 13.1. The first kappa shape index (κ1) is 23.5. The second-order valence-electron chi connectivity index (χ2n) is 7.32. The minimum Gasteiger partial charge on any atom is -0.480 e. The minimum absolute atomic E-state index is 0.156. The van der Waals surface area contributed by atoms with Gasteiger partial charge >= 0.3 is 5.97 Å². The third-order valence-corrected chi connectivity index (χ3v) is 8.00. The van der Waals surface area contributed by atoms with Crippen molar-refractivity contribution in [3.05, 3.63) is 81.4 Å². The Bertz CT molecular complexity index is 1430. The molecule has 1 atom stereocenters. The molecule has 0 unspecified atom stereocenters. The van der Waals surface area contributed by atoms with E-state index in [-0.39, 0.29) is 16.2 Å². The standard InChI is InChI=1S/C23H18Br2N2O5S/c24-17-8-13(10-19(26)23(28)29)9-18(25)22(17)32-14-6-7-20-16(11-14)21(12-27-20)33(30,31)15-4-2-1-3-5-15/h1-9,11-12,19,27H,10,26H2,(H,28,29)/t19-/m1/s1. The molecule has 0 fully saturated rings. The van der Waals surface area contributed by atoms with Crippen LogP contribution >= 0.6 is 31.9 Å². The zero-order valence-corrected chi connectivity index (χ0v) is 20.9. The highest BCUT2D eigenvalue weighted by Crippen LogP contribution is 2.39. The summed E-state index contributed by atoms with van der Waals surface area (Å²) in [4.78, 5) is 14.4. The third kappa shape index (κ3) is 4.84. The lowest BCUT2D eigenvalue weighted by atomic mass is 10.1. The molecule has 0 spiro atoms. The van der Waals surface area contributed by atoms with E-state index in [2.05, 4.69) is 36.8 Å². The highest BCUT2D eigenvalue weighted by Gasteiger charge is 2.22. The van der Waals surface area contributed by atoms with Crippen molar-refractivity contribution in [2.24, 2.45) is 5.73 Å². The number of carboxylic acids is 1. The Morgan fingerprint density at radius 1 is 1.06 bits per heavy atom. The lowest BCUT2D eigenvalue weighted by Gasteiger charge is -2.13. The SMILES string of the molecule is N[C@H](Cc1cc(Br)c(Oc2ccc3[nH]cc(S(=O)(=O)c4ccccc4)c3c2)c(Br)c1)C(=O)O. The Balaban J connectivity index is 1.68. The lowest BCUT2D eigenvalue weighted by molar-refractivity contribution is -0.138. The number of fused-ring (bicyclic) bond motifs is 1. The number of aliphatic carboxylic acids is 1. The van der Waals surface area contributed by atoms with E-state index in [0.717, 1.165) is 0 Å². The predicted molar refractivity (Wildman–Crippen MR) is 131 cm³/mol. The molecule has 0 radical (unpaired) electrons. The highest BCUT2D eigenvalue weighted by molar-refractivity contribution is 9.11. The van der Waals surface area contributed by atoms with E-state index in [9.17, 15) is 13.2 Å². The zero-order chi connectivity index (χ0) is 23.8. The van der Waals surface area contributed by atoms with Crippen molar-refractivity contribution >= 4 is 58.6 Å². The molecule has 10 heteroatoms. The minimum atomic E-state index is -3.72. The van der Waals surface area contributed by atoms with Crippen LogP contribution in [0.15, 0.2) is 85.6 Å². The number of carboxylic acid groups (broad SMARTS) is 1. The number of nitrogens with two attached hydrogens (primary N) is 1. The van der Waals surface area contributed by atoms with Gasteiger partial charge in [-0.1, -0.05) is 18.2 Å². The van der Waals surface area contributed by atoms with Gasteiger partial charge in [-0.15, -0.1) is 0 Å². The number of halogens is 2. The van der Waals surface area contributed by atoms with E-state index >= 15 is 0 Å². The number of aromatic amines is 1. The van der Waals surface area contributed by atoms with Gasteiger partial charge in [0.25, 0.3) is 0 Å². The van der Waals surface area contributed by atoms with Crippen LogP contribution in [0.1, 0.15) is 5.56 Å². The lowest BCUT2D eigenvalue weighted by Crippen LogP contribution is -2.32. The number of hydrogen-bond acceptors (Lipinski definition) is 5. The molecular weight excluding hydrogens is 576 g/mol. The monoisotopic (exact) mass is 592 g/mol. The van der Waals surface area contributed by atoms with Crippen LogP contribution in [-0.4, -0.2) is 30.5 Å². The van der Waals surface area contributed by atoms with Gasteiger partial charge in [-0.05, 0) is 86.3 Å². The molecule has 0 aliphatic rings. The van der Waals surface area contributed by atoms with E-state index in [1.54, 1.807) is 60.7 Å². The topological polar surface area (TPSA) is 122 Å². The molecule has 1 heterocycles. The van der Waals surface area contributed by atoms with Crippen molar-refractivity contribution in [3.63, 3.8) is 0 Å². The second kappa shape index (κ2) is 9.30. The van der Waals surface area contributed by atoms with Crippen molar-refractivity contribution in [1.82, 2.24) is 4.98 Å². The normalized spacial score (nSPS) is 12.6. The summed E-state index contributed by atoms with van der Waals surface area (Å²) in [5.74, 6) is -0.184. The van der Waals surface area contributed by atoms with Crippen LogP contribution in [0.3, 0.4) is 0 Å². The summed E-state index contributed by atoms with van der Waals surface area (Å²) in [6, 6.07) is 15.8. The van der Waals surface area contributed by atoms with Crippen molar-refractivity contribution in [2.75, 3.05) is 0 Å². The number of sulfone groups is 1. The molecule has 170 valence electrons. The Morgan fingerprint density at radius 3 is 2.36 bits per heavy atom. The smallest absolute Gasteiger partial charge is 0.320 e. The summed E-state index contributed by atoms with van der Waals surface area (Å²) in [7, 11) is -3.72. The van der Waals surface area contributed by atoms with E-state index in [1.165, 1.54) is 6.20 Å². The first-order valence-electron chi connectivity index (χ1n) is 9.72. The molecule has 7 nitrogen and oxygen atoms in total. The molecule has 0 amide bonds. The number of hydrogen-bond donors (Lipinski definition) is 3. The molecule has 3 aromatic carbocycles. The molecule has 0 saturated carbocycles. The van der Waals surface area contributed by atoms with Gasteiger partial charge in [0.2, 0.25) is 9.84 Å². The average Bonchev–Trinajstić information content (AvgIpc) is 3.21. The van der Waals surface area contributed by atoms with E-state index in [0.29, 0.717) is 36.9 Å². The number of benzene rings is 3. The first-order valence-corrected chi connectivity index (χ1v) is 12.8. The molecule has 4 N–H and O–H groups in total. The number of aromatic nitrogens is 1. The van der Waals surface area contributed by atoms with Crippen molar-refractivity contribution in [1.29, 1.82) is 0 Å². The summed E-state index contributed by atoms with van der Waals surface area (Å²) < 4.78 is 33.5. The number of H-pyrrole nitrogens is 1. The number of carbonyl (C=O) groups is 1. The Labute approximate surface area is 206 Å². The molecule has 0 aliphatic carbocycles. The predicted octanol–water partition coefficient (Wildman–Crippen LogP) is 5.27. The van der Waals surface area contributed by atoms with Crippen LogP contribution in [0.5, 0.6) is 11.5 Å². The van der Waals surface area contributed by atoms with Gasteiger partial charge < -0.3 is 20.6 Å². The molecule has 0 aliphatic heterocycles. The van der Waals surface area contributed by atoms with Crippen molar-refractivity contribution < 1.29 is 23.1 Å².